The molecule has 1 atom stereocenters. The Balaban J connectivity index is 1.87. The highest BCUT2D eigenvalue weighted by molar-refractivity contribution is 5.41. The number of likely N-dealkylation sites (N-methyl/N-ethyl adjacent to an activating group) is 1. The Kier molecular flexibility index (Phi) is 3.88. The number of ether oxygens (including phenoxy) is 1. The van der Waals surface area contributed by atoms with Crippen LogP contribution in [0.3, 0.4) is 0 Å². The minimum Gasteiger partial charge on any atom is -0.493 e. The molecule has 2 aromatic carbocycles. The topological polar surface area (TPSA) is 21.3 Å². The molecule has 0 spiro atoms. The molecule has 2 aromatic rings. The monoisotopic (exact) mass is 289 g/mol. The summed E-state index contributed by atoms with van der Waals surface area (Å²) in [5.74, 6) is -0.641. The van der Waals surface area contributed by atoms with Crippen LogP contribution >= 0.6 is 0 Å². The maximum Gasteiger partial charge on any atom is 0.162 e. The number of benzene rings is 2. The van der Waals surface area contributed by atoms with E-state index in [9.17, 15) is 8.78 Å². The first-order chi connectivity index (χ1) is 10.2. The van der Waals surface area contributed by atoms with Crippen molar-refractivity contribution < 1.29 is 13.5 Å². The van der Waals surface area contributed by atoms with Crippen LogP contribution in [0.5, 0.6) is 5.75 Å². The molecule has 4 heteroatoms. The molecule has 110 valence electrons. The summed E-state index contributed by atoms with van der Waals surface area (Å²) in [7, 11) is 1.82. The van der Waals surface area contributed by atoms with Crippen molar-refractivity contribution in [2.24, 2.45) is 0 Å². The third-order valence-corrected chi connectivity index (χ3v) is 3.92. The Hall–Kier alpha value is -1.94. The van der Waals surface area contributed by atoms with Crippen LogP contribution in [0.4, 0.5) is 8.78 Å². The lowest BCUT2D eigenvalue weighted by atomic mass is 9.96. The maximum atomic E-state index is 13.8. The molecular weight excluding hydrogens is 272 g/mol. The van der Waals surface area contributed by atoms with E-state index >= 15 is 0 Å². The molecule has 0 amide bonds. The van der Waals surface area contributed by atoms with Crippen molar-refractivity contribution in [1.82, 2.24) is 5.32 Å². The molecule has 0 aliphatic carbocycles. The third kappa shape index (κ3) is 2.76. The Morgan fingerprint density at radius 2 is 2.10 bits per heavy atom. The van der Waals surface area contributed by atoms with Crippen molar-refractivity contribution in [1.29, 1.82) is 0 Å². The van der Waals surface area contributed by atoms with Crippen molar-refractivity contribution in [3.63, 3.8) is 0 Å². The van der Waals surface area contributed by atoms with Crippen LogP contribution in [0.1, 0.15) is 22.7 Å². The lowest BCUT2D eigenvalue weighted by Gasteiger charge is -2.18. The van der Waals surface area contributed by atoms with Gasteiger partial charge in [-0.25, -0.2) is 8.78 Å². The summed E-state index contributed by atoms with van der Waals surface area (Å²) in [6, 6.07) is 10.2. The van der Waals surface area contributed by atoms with Crippen LogP contribution in [-0.2, 0) is 12.8 Å². The Morgan fingerprint density at radius 1 is 1.24 bits per heavy atom. The van der Waals surface area contributed by atoms with Gasteiger partial charge in [0.2, 0.25) is 0 Å². The number of nitrogens with one attached hydrogen (secondary N) is 1. The van der Waals surface area contributed by atoms with Crippen LogP contribution in [-0.4, -0.2) is 13.7 Å². The minimum absolute atomic E-state index is 0.0628. The zero-order chi connectivity index (χ0) is 14.8. The van der Waals surface area contributed by atoms with E-state index in [-0.39, 0.29) is 6.04 Å². The lowest BCUT2D eigenvalue weighted by molar-refractivity contribution is 0.356. The quantitative estimate of drug-likeness (QED) is 0.931. The first-order valence-electron chi connectivity index (χ1n) is 7.05. The van der Waals surface area contributed by atoms with Crippen LogP contribution in [0.2, 0.25) is 0 Å². The summed E-state index contributed by atoms with van der Waals surface area (Å²) < 4.78 is 32.6. The van der Waals surface area contributed by atoms with Crippen LogP contribution < -0.4 is 10.1 Å². The van der Waals surface area contributed by atoms with Gasteiger partial charge in [0.1, 0.15) is 5.75 Å². The molecule has 1 aliphatic heterocycles. The first kappa shape index (κ1) is 14.0. The van der Waals surface area contributed by atoms with Crippen molar-refractivity contribution in [3.8, 4) is 5.75 Å². The van der Waals surface area contributed by atoms with Crippen LogP contribution in [0.25, 0.3) is 0 Å². The normalized spacial score (nSPS) is 14.6. The smallest absolute Gasteiger partial charge is 0.162 e. The number of halogens is 2. The van der Waals surface area contributed by atoms with E-state index in [1.165, 1.54) is 11.6 Å². The van der Waals surface area contributed by atoms with E-state index in [1.54, 1.807) is 6.07 Å². The van der Waals surface area contributed by atoms with Crippen molar-refractivity contribution in [2.45, 2.75) is 18.9 Å². The van der Waals surface area contributed by atoms with Gasteiger partial charge in [0.15, 0.2) is 11.6 Å². The average Bonchev–Trinajstić information content (AvgIpc) is 2.96. The summed E-state index contributed by atoms with van der Waals surface area (Å²) in [6.45, 7) is 0.710. The Morgan fingerprint density at radius 3 is 2.90 bits per heavy atom. The molecule has 0 saturated heterocycles. The standard InChI is InChI=1S/C17H17F2NO/c1-20-15(10-13-3-2-4-14(18)17(13)19)11-5-6-16-12(9-11)7-8-21-16/h2-6,9,15,20H,7-8,10H2,1H3. The fraction of sp³-hybridized carbons (Fsp3) is 0.294. The molecule has 21 heavy (non-hydrogen) atoms. The lowest BCUT2D eigenvalue weighted by Crippen LogP contribution is -2.19. The Labute approximate surface area is 122 Å². The van der Waals surface area contributed by atoms with Gasteiger partial charge >= 0.3 is 0 Å². The molecule has 0 radical (unpaired) electrons. The molecule has 0 bridgehead atoms. The van der Waals surface area contributed by atoms with E-state index in [0.717, 1.165) is 23.8 Å². The van der Waals surface area contributed by atoms with Gasteiger partial charge in [0.25, 0.3) is 0 Å². The van der Waals surface area contributed by atoms with Gasteiger partial charge in [0.05, 0.1) is 6.61 Å². The van der Waals surface area contributed by atoms with Gasteiger partial charge in [-0.2, -0.15) is 0 Å². The number of rotatable bonds is 4. The second-order valence-electron chi connectivity index (χ2n) is 5.22. The highest BCUT2D eigenvalue weighted by Crippen LogP contribution is 2.29. The van der Waals surface area contributed by atoms with Gasteiger partial charge in [-0.05, 0) is 42.3 Å². The van der Waals surface area contributed by atoms with E-state index in [2.05, 4.69) is 11.4 Å². The molecule has 3 rings (SSSR count). The van der Waals surface area contributed by atoms with Gasteiger partial charge < -0.3 is 10.1 Å². The molecule has 0 aromatic heterocycles. The first-order valence-corrected chi connectivity index (χ1v) is 7.05. The SMILES string of the molecule is CNC(Cc1cccc(F)c1F)c1ccc2c(c1)CCO2. The highest BCUT2D eigenvalue weighted by atomic mass is 19.2. The fourth-order valence-electron chi connectivity index (χ4n) is 2.74. The zero-order valence-corrected chi connectivity index (χ0v) is 11.8. The average molecular weight is 289 g/mol. The Bertz CT molecular complexity index is 657. The van der Waals surface area contributed by atoms with E-state index in [4.69, 9.17) is 4.74 Å². The fourth-order valence-corrected chi connectivity index (χ4v) is 2.74. The van der Waals surface area contributed by atoms with Crippen LogP contribution in [0, 0.1) is 11.6 Å². The summed E-state index contributed by atoms with van der Waals surface area (Å²) in [6.07, 6.45) is 1.30. The van der Waals surface area contributed by atoms with Gasteiger partial charge in [0, 0.05) is 12.5 Å². The molecular formula is C17H17F2NO. The molecule has 0 fully saturated rings. The van der Waals surface area contributed by atoms with Crippen molar-refractivity contribution >= 4 is 0 Å². The summed E-state index contributed by atoms with van der Waals surface area (Å²) in [5.41, 5.74) is 2.61. The zero-order valence-electron chi connectivity index (χ0n) is 11.8. The minimum atomic E-state index is -0.801. The van der Waals surface area contributed by atoms with Crippen LogP contribution in [0.15, 0.2) is 36.4 Å². The summed E-state index contributed by atoms with van der Waals surface area (Å²) in [4.78, 5) is 0. The number of hydrogen-bond donors (Lipinski definition) is 1. The number of hydrogen-bond acceptors (Lipinski definition) is 2. The predicted octanol–water partition coefficient (Wildman–Crippen LogP) is 3.40. The van der Waals surface area contributed by atoms with E-state index in [0.29, 0.717) is 18.6 Å². The van der Waals surface area contributed by atoms with Gasteiger partial charge in [-0.15, -0.1) is 0 Å². The van der Waals surface area contributed by atoms with E-state index in [1.807, 2.05) is 19.2 Å². The van der Waals surface area contributed by atoms with Gasteiger partial charge in [-0.3, -0.25) is 0 Å². The number of fused-ring (bicyclic) bond motifs is 1. The van der Waals surface area contributed by atoms with E-state index < -0.39 is 11.6 Å². The molecule has 1 heterocycles. The second-order valence-corrected chi connectivity index (χ2v) is 5.22. The van der Waals surface area contributed by atoms with Gasteiger partial charge in [-0.1, -0.05) is 24.3 Å². The molecule has 2 nitrogen and oxygen atoms in total. The maximum absolute atomic E-state index is 13.8. The molecule has 1 N–H and O–H groups in total. The van der Waals surface area contributed by atoms with Crippen molar-refractivity contribution in [2.75, 3.05) is 13.7 Å². The third-order valence-electron chi connectivity index (χ3n) is 3.92. The van der Waals surface area contributed by atoms with Crippen molar-refractivity contribution in [3.05, 3.63) is 64.7 Å². The molecule has 0 saturated carbocycles. The largest absolute Gasteiger partial charge is 0.493 e. The summed E-state index contributed by atoms with van der Waals surface area (Å²) in [5, 5.41) is 3.17. The summed E-state index contributed by atoms with van der Waals surface area (Å²) >= 11 is 0. The highest BCUT2D eigenvalue weighted by Gasteiger charge is 2.18. The molecule has 1 unspecified atom stereocenters. The second kappa shape index (κ2) is 5.82. The molecule has 1 aliphatic rings. The predicted molar refractivity (Wildman–Crippen MR) is 77.5 cm³/mol.